The van der Waals surface area contributed by atoms with Crippen LogP contribution in [0.4, 0.5) is 9.18 Å². The zero-order valence-electron chi connectivity index (χ0n) is 10.2. The van der Waals surface area contributed by atoms with E-state index in [4.69, 9.17) is 0 Å². The Kier molecular flexibility index (Phi) is 5.32. The molecule has 0 aliphatic carbocycles. The maximum atomic E-state index is 13.3. The Balaban J connectivity index is 2.46. The highest BCUT2D eigenvalue weighted by atomic mass is 19.1. The summed E-state index contributed by atoms with van der Waals surface area (Å²) in [5, 5.41) is 14.8. The molecule has 4 nitrogen and oxygen atoms in total. The lowest BCUT2D eigenvalue weighted by atomic mass is 10.1. The predicted octanol–water partition coefficient (Wildman–Crippen LogP) is 1.73. The fourth-order valence-electron chi connectivity index (χ4n) is 1.36. The summed E-state index contributed by atoms with van der Waals surface area (Å²) < 4.78 is 13.3. The third kappa shape index (κ3) is 4.18. The summed E-state index contributed by atoms with van der Waals surface area (Å²) in [6.07, 6.45) is 0.503. The molecule has 0 heterocycles. The van der Waals surface area contributed by atoms with Crippen LogP contribution in [0.5, 0.6) is 0 Å². The van der Waals surface area contributed by atoms with Crippen molar-refractivity contribution in [1.82, 2.24) is 10.6 Å². The number of aliphatic hydroxyl groups is 1. The largest absolute Gasteiger partial charge is 0.386 e. The number of halogens is 1. The molecule has 5 heteroatoms. The topological polar surface area (TPSA) is 61.4 Å². The van der Waals surface area contributed by atoms with Crippen molar-refractivity contribution in [3.63, 3.8) is 0 Å². The van der Waals surface area contributed by atoms with Gasteiger partial charge in [0.1, 0.15) is 5.82 Å². The molecule has 1 rings (SSSR count). The quantitative estimate of drug-likeness (QED) is 0.699. The second kappa shape index (κ2) is 6.76. The van der Waals surface area contributed by atoms with Gasteiger partial charge in [-0.25, -0.2) is 9.18 Å². The van der Waals surface area contributed by atoms with Crippen molar-refractivity contribution >= 4 is 6.03 Å². The Morgan fingerprint density at radius 1 is 1.56 bits per heavy atom. The Bertz CT molecular complexity index is 423. The lowest BCUT2D eigenvalue weighted by Crippen LogP contribution is -2.41. The normalized spacial score (nSPS) is 13.5. The number of rotatable bonds is 5. The zero-order chi connectivity index (χ0) is 13.5. The van der Waals surface area contributed by atoms with E-state index in [2.05, 4.69) is 17.2 Å². The molecule has 0 saturated heterocycles. The highest BCUT2D eigenvalue weighted by Crippen LogP contribution is 2.15. The second-order valence-corrected chi connectivity index (χ2v) is 3.92. The number of hydrogen-bond donors (Lipinski definition) is 3. The molecule has 98 valence electrons. The van der Waals surface area contributed by atoms with Crippen LogP contribution in [0.3, 0.4) is 0 Å². The molecule has 0 radical (unpaired) electrons. The van der Waals surface area contributed by atoms with Gasteiger partial charge in [0.05, 0.1) is 6.10 Å². The number of aliphatic hydroxyl groups excluding tert-OH is 1. The maximum absolute atomic E-state index is 13.3. The molecule has 0 aliphatic heterocycles. The van der Waals surface area contributed by atoms with Gasteiger partial charge in [0.2, 0.25) is 0 Å². The van der Waals surface area contributed by atoms with Gasteiger partial charge in [0.25, 0.3) is 0 Å². The van der Waals surface area contributed by atoms with Crippen LogP contribution < -0.4 is 10.6 Å². The summed E-state index contributed by atoms with van der Waals surface area (Å²) in [6.45, 7) is 5.23. The van der Waals surface area contributed by atoms with Crippen LogP contribution in [0, 0.1) is 5.82 Å². The molecule has 3 N–H and O–H groups in total. The molecule has 0 bridgehead atoms. The summed E-state index contributed by atoms with van der Waals surface area (Å²) >= 11 is 0. The summed E-state index contributed by atoms with van der Waals surface area (Å²) in [7, 11) is 0. The Morgan fingerprint density at radius 2 is 2.22 bits per heavy atom. The van der Waals surface area contributed by atoms with Crippen molar-refractivity contribution in [3.8, 4) is 0 Å². The molecule has 0 aromatic heterocycles. The monoisotopic (exact) mass is 252 g/mol. The molecule has 0 fully saturated rings. The molecule has 2 amide bonds. The van der Waals surface area contributed by atoms with E-state index in [1.54, 1.807) is 19.1 Å². The van der Waals surface area contributed by atoms with E-state index in [0.717, 1.165) is 0 Å². The first-order valence-electron chi connectivity index (χ1n) is 5.64. The summed E-state index contributed by atoms with van der Waals surface area (Å²) in [5.41, 5.74) is 0.162. The minimum absolute atomic E-state index is 0.0589. The number of benzene rings is 1. The zero-order valence-corrected chi connectivity index (χ0v) is 10.2. The van der Waals surface area contributed by atoms with Crippen LogP contribution in [-0.4, -0.2) is 23.7 Å². The van der Waals surface area contributed by atoms with E-state index in [1.165, 1.54) is 18.2 Å². The predicted molar refractivity (Wildman–Crippen MR) is 67.6 cm³/mol. The summed E-state index contributed by atoms with van der Waals surface area (Å²) in [5.74, 6) is -0.494. The van der Waals surface area contributed by atoms with Crippen molar-refractivity contribution in [2.75, 3.05) is 6.54 Å². The molecule has 0 aliphatic rings. The standard InChI is InChI=1S/C13H17FN2O2/c1-3-9(2)16-13(18)15-8-12(17)10-6-4-5-7-11(10)14/h3-7,9,12,17H,1,8H2,2H3,(H2,15,16,18). The van der Waals surface area contributed by atoms with Gasteiger partial charge in [0, 0.05) is 18.2 Å². The van der Waals surface area contributed by atoms with Gasteiger partial charge in [-0.1, -0.05) is 24.3 Å². The third-order valence-corrected chi connectivity index (χ3v) is 2.43. The molecular formula is C13H17FN2O2. The molecule has 2 atom stereocenters. The molecule has 18 heavy (non-hydrogen) atoms. The number of carbonyl (C=O) groups is 1. The average molecular weight is 252 g/mol. The smallest absolute Gasteiger partial charge is 0.315 e. The van der Waals surface area contributed by atoms with Gasteiger partial charge in [-0.2, -0.15) is 0 Å². The minimum Gasteiger partial charge on any atom is -0.386 e. The van der Waals surface area contributed by atoms with Gasteiger partial charge in [-0.05, 0) is 13.0 Å². The number of hydrogen-bond acceptors (Lipinski definition) is 2. The Labute approximate surface area is 106 Å². The van der Waals surface area contributed by atoms with E-state index >= 15 is 0 Å². The highest BCUT2D eigenvalue weighted by Gasteiger charge is 2.13. The highest BCUT2D eigenvalue weighted by molar-refractivity contribution is 5.74. The van der Waals surface area contributed by atoms with Crippen molar-refractivity contribution < 1.29 is 14.3 Å². The van der Waals surface area contributed by atoms with Crippen molar-refractivity contribution in [2.24, 2.45) is 0 Å². The molecule has 0 saturated carbocycles. The van der Waals surface area contributed by atoms with Crippen LogP contribution in [0.15, 0.2) is 36.9 Å². The Morgan fingerprint density at radius 3 is 2.83 bits per heavy atom. The first-order valence-corrected chi connectivity index (χ1v) is 5.64. The SMILES string of the molecule is C=CC(C)NC(=O)NCC(O)c1ccccc1F. The first-order chi connectivity index (χ1) is 8.54. The van der Waals surface area contributed by atoms with Crippen LogP contribution in [0.1, 0.15) is 18.6 Å². The molecule has 2 unspecified atom stereocenters. The number of carbonyl (C=O) groups excluding carboxylic acids is 1. The van der Waals surface area contributed by atoms with E-state index in [1.807, 2.05) is 0 Å². The van der Waals surface area contributed by atoms with E-state index in [-0.39, 0.29) is 18.2 Å². The summed E-state index contributed by atoms with van der Waals surface area (Å²) in [6, 6.07) is 5.30. The van der Waals surface area contributed by atoms with Crippen molar-refractivity contribution in [3.05, 3.63) is 48.3 Å². The molecule has 1 aromatic carbocycles. The third-order valence-electron chi connectivity index (χ3n) is 2.43. The van der Waals surface area contributed by atoms with Crippen LogP contribution in [-0.2, 0) is 0 Å². The fourth-order valence-corrected chi connectivity index (χ4v) is 1.36. The van der Waals surface area contributed by atoms with E-state index in [9.17, 15) is 14.3 Å². The number of nitrogens with one attached hydrogen (secondary N) is 2. The first kappa shape index (κ1) is 14.2. The Hall–Kier alpha value is -1.88. The molecular weight excluding hydrogens is 235 g/mol. The molecule has 0 spiro atoms. The van der Waals surface area contributed by atoms with E-state index in [0.29, 0.717) is 0 Å². The minimum atomic E-state index is -1.07. The number of amides is 2. The van der Waals surface area contributed by atoms with Crippen LogP contribution in [0.25, 0.3) is 0 Å². The fraction of sp³-hybridized carbons (Fsp3) is 0.308. The van der Waals surface area contributed by atoms with Gasteiger partial charge in [-0.3, -0.25) is 0 Å². The van der Waals surface area contributed by atoms with Crippen LogP contribution >= 0.6 is 0 Å². The van der Waals surface area contributed by atoms with E-state index < -0.39 is 18.0 Å². The average Bonchev–Trinajstić information content (AvgIpc) is 2.36. The second-order valence-electron chi connectivity index (χ2n) is 3.92. The van der Waals surface area contributed by atoms with Crippen LogP contribution in [0.2, 0.25) is 0 Å². The lowest BCUT2D eigenvalue weighted by molar-refractivity contribution is 0.168. The lowest BCUT2D eigenvalue weighted by Gasteiger charge is -2.15. The van der Waals surface area contributed by atoms with Gasteiger partial charge < -0.3 is 15.7 Å². The maximum Gasteiger partial charge on any atom is 0.315 e. The van der Waals surface area contributed by atoms with Gasteiger partial charge in [-0.15, -0.1) is 6.58 Å². The molecule has 1 aromatic rings. The van der Waals surface area contributed by atoms with Crippen molar-refractivity contribution in [1.29, 1.82) is 0 Å². The van der Waals surface area contributed by atoms with Gasteiger partial charge >= 0.3 is 6.03 Å². The van der Waals surface area contributed by atoms with Crippen molar-refractivity contribution in [2.45, 2.75) is 19.1 Å². The van der Waals surface area contributed by atoms with Gasteiger partial charge in [0.15, 0.2) is 0 Å². The number of urea groups is 1. The summed E-state index contributed by atoms with van der Waals surface area (Å²) in [4.78, 5) is 11.4.